The molecular weight excluding hydrogens is 206 g/mol. The van der Waals surface area contributed by atoms with Gasteiger partial charge in [0.2, 0.25) is 0 Å². The lowest BCUT2D eigenvalue weighted by atomic mass is 9.93. The van der Waals surface area contributed by atoms with Gasteiger partial charge in [-0.05, 0) is 12.1 Å². The highest BCUT2D eigenvalue weighted by Gasteiger charge is 2.22. The van der Waals surface area contributed by atoms with Gasteiger partial charge in [0.05, 0.1) is 10.3 Å². The van der Waals surface area contributed by atoms with E-state index in [1.165, 1.54) is 6.07 Å². The molecular formula is C12H13NO3. The number of hydrogen-bond donors (Lipinski definition) is 0. The highest BCUT2D eigenvalue weighted by atomic mass is 16.6. The number of furan rings is 1. The zero-order valence-electron chi connectivity index (χ0n) is 9.48. The summed E-state index contributed by atoms with van der Waals surface area (Å²) in [6.45, 7) is 6.03. The average molecular weight is 219 g/mol. The van der Waals surface area contributed by atoms with Crippen LogP contribution >= 0.6 is 0 Å². The molecule has 84 valence electrons. The lowest BCUT2D eigenvalue weighted by Gasteiger charge is -2.13. The maximum Gasteiger partial charge on any atom is 0.280 e. The van der Waals surface area contributed by atoms with Gasteiger partial charge in [-0.15, -0.1) is 0 Å². The molecule has 4 heteroatoms. The Bertz CT molecular complexity index is 549. The predicted molar refractivity (Wildman–Crippen MR) is 61.6 cm³/mol. The average Bonchev–Trinajstić information content (AvgIpc) is 2.59. The Balaban J connectivity index is 2.71. The summed E-state index contributed by atoms with van der Waals surface area (Å²) in [5.74, 6) is 0.761. The first-order chi connectivity index (χ1) is 7.39. The van der Waals surface area contributed by atoms with Gasteiger partial charge in [0.25, 0.3) is 5.69 Å². The van der Waals surface area contributed by atoms with Crippen molar-refractivity contribution in [3.8, 4) is 0 Å². The Morgan fingerprint density at radius 2 is 2.00 bits per heavy atom. The molecule has 0 bridgehead atoms. The van der Waals surface area contributed by atoms with Crippen LogP contribution in [0.15, 0.2) is 28.7 Å². The van der Waals surface area contributed by atoms with Crippen LogP contribution < -0.4 is 0 Å². The van der Waals surface area contributed by atoms with E-state index >= 15 is 0 Å². The first-order valence-corrected chi connectivity index (χ1v) is 5.07. The van der Waals surface area contributed by atoms with Crippen LogP contribution in [-0.4, -0.2) is 4.92 Å². The van der Waals surface area contributed by atoms with Crippen LogP contribution in [0.2, 0.25) is 0 Å². The Kier molecular flexibility index (Phi) is 2.22. The van der Waals surface area contributed by atoms with Crippen molar-refractivity contribution in [1.29, 1.82) is 0 Å². The van der Waals surface area contributed by atoms with E-state index in [9.17, 15) is 10.1 Å². The second kappa shape index (κ2) is 3.33. The zero-order chi connectivity index (χ0) is 11.9. The van der Waals surface area contributed by atoms with Crippen LogP contribution in [-0.2, 0) is 5.41 Å². The molecule has 0 saturated heterocycles. The second-order valence-electron chi connectivity index (χ2n) is 4.81. The van der Waals surface area contributed by atoms with Gasteiger partial charge in [0.1, 0.15) is 11.3 Å². The first kappa shape index (κ1) is 10.7. The monoisotopic (exact) mass is 219 g/mol. The molecule has 0 atom stereocenters. The summed E-state index contributed by atoms with van der Waals surface area (Å²) < 4.78 is 5.62. The van der Waals surface area contributed by atoms with Crippen molar-refractivity contribution < 1.29 is 9.34 Å². The number of non-ortho nitro benzene ring substituents is 1. The van der Waals surface area contributed by atoms with Gasteiger partial charge in [-0.3, -0.25) is 10.1 Å². The summed E-state index contributed by atoms with van der Waals surface area (Å²) >= 11 is 0. The highest BCUT2D eigenvalue weighted by Crippen LogP contribution is 2.33. The molecule has 0 saturated carbocycles. The number of benzene rings is 1. The third-order valence-corrected chi connectivity index (χ3v) is 2.47. The summed E-state index contributed by atoms with van der Waals surface area (Å²) in [5.41, 5.74) is 0.517. The molecule has 0 aliphatic carbocycles. The lowest BCUT2D eigenvalue weighted by molar-refractivity contribution is -0.383. The van der Waals surface area contributed by atoms with E-state index in [-0.39, 0.29) is 16.0 Å². The third kappa shape index (κ3) is 1.66. The quantitative estimate of drug-likeness (QED) is 0.543. The molecule has 0 amide bonds. The van der Waals surface area contributed by atoms with E-state index < -0.39 is 0 Å². The minimum Gasteiger partial charge on any atom is -0.460 e. The Morgan fingerprint density at radius 1 is 1.31 bits per heavy atom. The van der Waals surface area contributed by atoms with Crippen LogP contribution in [0.4, 0.5) is 5.69 Å². The SMILES string of the molecule is CC(C)(C)c1cc2c([N+](=O)[O-])cccc2o1. The molecule has 2 rings (SSSR count). The van der Waals surface area contributed by atoms with Gasteiger partial charge in [0.15, 0.2) is 0 Å². The topological polar surface area (TPSA) is 56.3 Å². The van der Waals surface area contributed by atoms with E-state index in [0.29, 0.717) is 11.0 Å². The smallest absolute Gasteiger partial charge is 0.280 e. The molecule has 0 unspecified atom stereocenters. The second-order valence-corrected chi connectivity index (χ2v) is 4.81. The van der Waals surface area contributed by atoms with Crippen molar-refractivity contribution in [2.24, 2.45) is 0 Å². The van der Waals surface area contributed by atoms with E-state index in [4.69, 9.17) is 4.42 Å². The van der Waals surface area contributed by atoms with Crippen molar-refractivity contribution in [1.82, 2.24) is 0 Å². The van der Waals surface area contributed by atoms with Crippen molar-refractivity contribution in [3.63, 3.8) is 0 Å². The van der Waals surface area contributed by atoms with Crippen molar-refractivity contribution in [2.75, 3.05) is 0 Å². The summed E-state index contributed by atoms with van der Waals surface area (Å²) in [6.07, 6.45) is 0. The van der Waals surface area contributed by atoms with Crippen molar-refractivity contribution in [2.45, 2.75) is 26.2 Å². The van der Waals surface area contributed by atoms with Gasteiger partial charge in [-0.1, -0.05) is 26.8 Å². The van der Waals surface area contributed by atoms with Crippen LogP contribution in [0, 0.1) is 10.1 Å². The van der Waals surface area contributed by atoms with Gasteiger partial charge >= 0.3 is 0 Å². The molecule has 2 aromatic rings. The van der Waals surface area contributed by atoms with Crippen LogP contribution in [0.3, 0.4) is 0 Å². The molecule has 0 aliphatic rings. The minimum absolute atomic E-state index is 0.0942. The zero-order valence-corrected chi connectivity index (χ0v) is 9.48. The maximum atomic E-state index is 10.8. The van der Waals surface area contributed by atoms with E-state index in [0.717, 1.165) is 5.76 Å². The van der Waals surface area contributed by atoms with Crippen LogP contribution in [0.1, 0.15) is 26.5 Å². The highest BCUT2D eigenvalue weighted by molar-refractivity contribution is 5.87. The number of nitro groups is 1. The van der Waals surface area contributed by atoms with Gasteiger partial charge in [-0.2, -0.15) is 0 Å². The molecule has 0 N–H and O–H groups in total. The van der Waals surface area contributed by atoms with Crippen LogP contribution in [0.25, 0.3) is 11.0 Å². The molecule has 4 nitrogen and oxygen atoms in total. The lowest BCUT2D eigenvalue weighted by Crippen LogP contribution is -2.08. The summed E-state index contributed by atoms with van der Waals surface area (Å²) in [5, 5.41) is 11.4. The molecule has 1 aromatic carbocycles. The molecule has 0 radical (unpaired) electrons. The summed E-state index contributed by atoms with van der Waals surface area (Å²) in [6, 6.07) is 6.63. The Morgan fingerprint density at radius 3 is 2.56 bits per heavy atom. The fraction of sp³-hybridized carbons (Fsp3) is 0.333. The number of nitrogens with zero attached hydrogens (tertiary/aromatic N) is 1. The van der Waals surface area contributed by atoms with Gasteiger partial charge < -0.3 is 4.42 Å². The first-order valence-electron chi connectivity index (χ1n) is 5.07. The van der Waals surface area contributed by atoms with Gasteiger partial charge in [0, 0.05) is 11.5 Å². The van der Waals surface area contributed by atoms with E-state index in [1.54, 1.807) is 18.2 Å². The Hall–Kier alpha value is -1.84. The Labute approximate surface area is 93.0 Å². The van der Waals surface area contributed by atoms with Crippen molar-refractivity contribution >= 4 is 16.7 Å². The fourth-order valence-electron chi connectivity index (χ4n) is 1.57. The molecule has 1 heterocycles. The standard InChI is InChI=1S/C12H13NO3/c1-12(2,3)11-7-8-9(13(14)15)5-4-6-10(8)16-11/h4-7H,1-3H3. The third-order valence-electron chi connectivity index (χ3n) is 2.47. The number of fused-ring (bicyclic) bond motifs is 1. The molecule has 0 aliphatic heterocycles. The van der Waals surface area contributed by atoms with E-state index in [1.807, 2.05) is 20.8 Å². The summed E-state index contributed by atoms with van der Waals surface area (Å²) in [7, 11) is 0. The predicted octanol–water partition coefficient (Wildman–Crippen LogP) is 3.64. The normalized spacial score (nSPS) is 11.9. The molecule has 16 heavy (non-hydrogen) atoms. The van der Waals surface area contributed by atoms with Gasteiger partial charge in [-0.25, -0.2) is 0 Å². The van der Waals surface area contributed by atoms with E-state index in [2.05, 4.69) is 0 Å². The summed E-state index contributed by atoms with van der Waals surface area (Å²) in [4.78, 5) is 10.5. The van der Waals surface area contributed by atoms with Crippen LogP contribution in [0.5, 0.6) is 0 Å². The molecule has 1 aromatic heterocycles. The maximum absolute atomic E-state index is 10.8. The fourth-order valence-corrected chi connectivity index (χ4v) is 1.57. The molecule has 0 fully saturated rings. The number of rotatable bonds is 1. The largest absolute Gasteiger partial charge is 0.460 e. The molecule has 0 spiro atoms. The number of hydrogen-bond acceptors (Lipinski definition) is 3. The number of nitro benzene ring substituents is 1. The van der Waals surface area contributed by atoms with Crippen molar-refractivity contribution in [3.05, 3.63) is 40.1 Å². The minimum atomic E-state index is -0.385.